The van der Waals surface area contributed by atoms with Crippen LogP contribution in [0.4, 0.5) is 5.69 Å². The number of nitro benzene ring substituents is 1. The van der Waals surface area contributed by atoms with Crippen molar-refractivity contribution in [2.75, 3.05) is 19.3 Å². The third-order valence-corrected chi connectivity index (χ3v) is 4.58. The number of para-hydroxylation sites is 1. The van der Waals surface area contributed by atoms with Gasteiger partial charge in [0.25, 0.3) is 5.69 Å². The highest BCUT2D eigenvalue weighted by Crippen LogP contribution is 2.24. The van der Waals surface area contributed by atoms with Gasteiger partial charge in [0.15, 0.2) is 0 Å². The SMILES string of the molecule is CS(=O)(=O)NCC1CCCCN1Cc1ccccc1[N+](=O)[O-]. The van der Waals surface area contributed by atoms with Crippen molar-refractivity contribution in [3.8, 4) is 0 Å². The van der Waals surface area contributed by atoms with Gasteiger partial charge < -0.3 is 0 Å². The molecule has 0 aromatic heterocycles. The summed E-state index contributed by atoms with van der Waals surface area (Å²) >= 11 is 0. The summed E-state index contributed by atoms with van der Waals surface area (Å²) in [7, 11) is -3.23. The van der Waals surface area contributed by atoms with Gasteiger partial charge in [0.2, 0.25) is 10.0 Å². The number of hydrogen-bond acceptors (Lipinski definition) is 5. The van der Waals surface area contributed by atoms with Gasteiger partial charge in [-0.2, -0.15) is 0 Å². The molecular weight excluding hydrogens is 306 g/mol. The molecule has 1 saturated heterocycles. The molecule has 1 N–H and O–H groups in total. The molecule has 0 aliphatic carbocycles. The van der Waals surface area contributed by atoms with Crippen LogP contribution in [0.25, 0.3) is 0 Å². The molecule has 1 aromatic rings. The lowest BCUT2D eigenvalue weighted by Gasteiger charge is -2.35. The van der Waals surface area contributed by atoms with Crippen molar-refractivity contribution in [2.45, 2.75) is 31.8 Å². The predicted molar refractivity (Wildman–Crippen MR) is 84.0 cm³/mol. The first-order valence-electron chi connectivity index (χ1n) is 7.28. The third kappa shape index (κ3) is 4.75. The lowest BCUT2D eigenvalue weighted by molar-refractivity contribution is -0.385. The smallest absolute Gasteiger partial charge is 0.273 e. The summed E-state index contributed by atoms with van der Waals surface area (Å²) in [6, 6.07) is 6.77. The van der Waals surface area contributed by atoms with E-state index in [2.05, 4.69) is 9.62 Å². The first-order valence-corrected chi connectivity index (χ1v) is 9.17. The Morgan fingerprint density at radius 2 is 2.09 bits per heavy atom. The van der Waals surface area contributed by atoms with E-state index in [0.29, 0.717) is 18.7 Å². The highest BCUT2D eigenvalue weighted by atomic mass is 32.2. The second-order valence-electron chi connectivity index (χ2n) is 5.63. The van der Waals surface area contributed by atoms with Crippen LogP contribution < -0.4 is 4.72 Å². The molecule has 22 heavy (non-hydrogen) atoms. The summed E-state index contributed by atoms with van der Waals surface area (Å²) in [5.74, 6) is 0. The van der Waals surface area contributed by atoms with Crippen molar-refractivity contribution in [1.82, 2.24) is 9.62 Å². The van der Waals surface area contributed by atoms with E-state index < -0.39 is 10.0 Å². The Morgan fingerprint density at radius 3 is 2.77 bits per heavy atom. The van der Waals surface area contributed by atoms with Gasteiger partial charge in [-0.05, 0) is 19.4 Å². The molecule has 122 valence electrons. The monoisotopic (exact) mass is 327 g/mol. The molecule has 2 rings (SSSR count). The van der Waals surface area contributed by atoms with Crippen LogP contribution in [0, 0.1) is 10.1 Å². The average Bonchev–Trinajstić information content (AvgIpc) is 2.46. The summed E-state index contributed by atoms with van der Waals surface area (Å²) in [5, 5.41) is 11.1. The van der Waals surface area contributed by atoms with Gasteiger partial charge in [0, 0.05) is 30.8 Å². The Balaban J connectivity index is 2.10. The van der Waals surface area contributed by atoms with E-state index in [-0.39, 0.29) is 16.7 Å². The molecule has 1 heterocycles. The third-order valence-electron chi connectivity index (χ3n) is 3.89. The number of hydrogen-bond donors (Lipinski definition) is 1. The van der Waals surface area contributed by atoms with Crippen LogP contribution in [0.3, 0.4) is 0 Å². The Bertz CT molecular complexity index is 633. The van der Waals surface area contributed by atoms with Crippen molar-refractivity contribution >= 4 is 15.7 Å². The fourth-order valence-electron chi connectivity index (χ4n) is 2.79. The van der Waals surface area contributed by atoms with Crippen LogP contribution >= 0.6 is 0 Å². The number of likely N-dealkylation sites (tertiary alicyclic amines) is 1. The standard InChI is InChI=1S/C14H21N3O4S/c1-22(20,21)15-10-13-7-4-5-9-16(13)11-12-6-2-3-8-14(12)17(18)19/h2-3,6,8,13,15H,4-5,7,9-11H2,1H3. The molecule has 1 unspecified atom stereocenters. The Morgan fingerprint density at radius 1 is 1.36 bits per heavy atom. The Kier molecular flexibility index (Phi) is 5.49. The first kappa shape index (κ1) is 16.9. The zero-order valence-corrected chi connectivity index (χ0v) is 13.4. The maximum Gasteiger partial charge on any atom is 0.273 e. The highest BCUT2D eigenvalue weighted by Gasteiger charge is 2.25. The zero-order chi connectivity index (χ0) is 16.2. The molecule has 7 nitrogen and oxygen atoms in total. The largest absolute Gasteiger partial charge is 0.295 e. The van der Waals surface area contributed by atoms with Gasteiger partial charge in [0.05, 0.1) is 11.2 Å². The molecule has 1 aromatic carbocycles. The number of benzene rings is 1. The van der Waals surface area contributed by atoms with E-state index in [4.69, 9.17) is 0 Å². The molecule has 0 bridgehead atoms. The summed E-state index contributed by atoms with van der Waals surface area (Å²) in [5.41, 5.74) is 0.779. The van der Waals surface area contributed by atoms with Crippen molar-refractivity contribution in [2.24, 2.45) is 0 Å². The van der Waals surface area contributed by atoms with Gasteiger partial charge in [0.1, 0.15) is 0 Å². The number of sulfonamides is 1. The molecule has 1 fully saturated rings. The van der Waals surface area contributed by atoms with Gasteiger partial charge in [-0.1, -0.05) is 24.6 Å². The van der Waals surface area contributed by atoms with E-state index in [1.54, 1.807) is 18.2 Å². The van der Waals surface area contributed by atoms with Gasteiger partial charge >= 0.3 is 0 Å². The van der Waals surface area contributed by atoms with Crippen LogP contribution in [-0.4, -0.2) is 43.6 Å². The van der Waals surface area contributed by atoms with Crippen LogP contribution in [-0.2, 0) is 16.6 Å². The molecule has 1 aliphatic rings. The molecule has 0 amide bonds. The second-order valence-corrected chi connectivity index (χ2v) is 7.46. The van der Waals surface area contributed by atoms with E-state index in [0.717, 1.165) is 32.1 Å². The minimum atomic E-state index is -3.23. The van der Waals surface area contributed by atoms with Crippen LogP contribution in [0.15, 0.2) is 24.3 Å². The van der Waals surface area contributed by atoms with Gasteiger partial charge in [-0.3, -0.25) is 15.0 Å². The molecule has 0 spiro atoms. The molecular formula is C14H21N3O4S. The van der Waals surface area contributed by atoms with E-state index in [1.165, 1.54) is 6.07 Å². The fourth-order valence-corrected chi connectivity index (χ4v) is 3.28. The van der Waals surface area contributed by atoms with E-state index in [9.17, 15) is 18.5 Å². The van der Waals surface area contributed by atoms with Crippen molar-refractivity contribution in [3.05, 3.63) is 39.9 Å². The second kappa shape index (κ2) is 7.17. The van der Waals surface area contributed by atoms with Crippen LogP contribution in [0.5, 0.6) is 0 Å². The molecule has 0 radical (unpaired) electrons. The first-order chi connectivity index (χ1) is 10.4. The topological polar surface area (TPSA) is 92.6 Å². The van der Waals surface area contributed by atoms with Crippen molar-refractivity contribution in [3.63, 3.8) is 0 Å². The zero-order valence-electron chi connectivity index (χ0n) is 12.6. The summed E-state index contributed by atoms with van der Waals surface area (Å²) in [6.45, 7) is 1.63. The number of rotatable bonds is 6. The predicted octanol–water partition coefficient (Wildman–Crippen LogP) is 1.50. The summed E-state index contributed by atoms with van der Waals surface area (Å²) < 4.78 is 25.1. The maximum atomic E-state index is 11.3. The van der Waals surface area contributed by atoms with Crippen LogP contribution in [0.2, 0.25) is 0 Å². The lowest BCUT2D eigenvalue weighted by Crippen LogP contribution is -2.46. The average molecular weight is 327 g/mol. The quantitative estimate of drug-likeness (QED) is 0.631. The van der Waals surface area contributed by atoms with E-state index >= 15 is 0 Å². The Labute approximate surface area is 130 Å². The summed E-state index contributed by atoms with van der Waals surface area (Å²) in [6.07, 6.45) is 4.10. The minimum Gasteiger partial charge on any atom is -0.295 e. The highest BCUT2D eigenvalue weighted by molar-refractivity contribution is 7.88. The van der Waals surface area contributed by atoms with Crippen molar-refractivity contribution in [1.29, 1.82) is 0 Å². The number of nitro groups is 1. The Hall–Kier alpha value is -1.51. The molecule has 1 atom stereocenters. The lowest BCUT2D eigenvalue weighted by atomic mass is 10.0. The van der Waals surface area contributed by atoms with Crippen molar-refractivity contribution < 1.29 is 13.3 Å². The van der Waals surface area contributed by atoms with Crippen LogP contribution in [0.1, 0.15) is 24.8 Å². The summed E-state index contributed by atoms with van der Waals surface area (Å²) in [4.78, 5) is 12.9. The van der Waals surface area contributed by atoms with Gasteiger partial charge in [-0.15, -0.1) is 0 Å². The normalized spacial score (nSPS) is 20.0. The number of piperidine rings is 1. The number of nitrogens with one attached hydrogen (secondary N) is 1. The fraction of sp³-hybridized carbons (Fsp3) is 0.571. The molecule has 0 saturated carbocycles. The minimum absolute atomic E-state index is 0.0725. The maximum absolute atomic E-state index is 11.3. The van der Waals surface area contributed by atoms with Gasteiger partial charge in [-0.25, -0.2) is 13.1 Å². The molecule has 8 heteroatoms. The molecule has 1 aliphatic heterocycles. The number of nitrogens with zero attached hydrogens (tertiary/aromatic N) is 2. The van der Waals surface area contributed by atoms with E-state index in [1.807, 2.05) is 0 Å².